The Kier molecular flexibility index (Phi) is 4.81. The van der Waals surface area contributed by atoms with Gasteiger partial charge in [-0.1, -0.05) is 17.7 Å². The molecule has 0 saturated carbocycles. The van der Waals surface area contributed by atoms with Gasteiger partial charge in [0.05, 0.1) is 30.2 Å². The lowest BCUT2D eigenvalue weighted by Crippen LogP contribution is -2.34. The van der Waals surface area contributed by atoms with E-state index in [1.165, 1.54) is 0 Å². The summed E-state index contributed by atoms with van der Waals surface area (Å²) in [5.74, 6) is 1.32. The lowest BCUT2D eigenvalue weighted by atomic mass is 10.2. The van der Waals surface area contributed by atoms with Crippen LogP contribution >= 0.6 is 11.6 Å². The second-order valence-electron chi connectivity index (χ2n) is 5.15. The number of nitrogens with one attached hydrogen (secondary N) is 2. The lowest BCUT2D eigenvalue weighted by molar-refractivity contribution is 0.239. The predicted octanol–water partition coefficient (Wildman–Crippen LogP) is 2.82. The molecule has 0 fully saturated rings. The van der Waals surface area contributed by atoms with Crippen molar-refractivity contribution in [3.63, 3.8) is 0 Å². The molecule has 0 spiro atoms. The quantitative estimate of drug-likeness (QED) is 0.744. The first-order valence-corrected chi connectivity index (χ1v) is 7.71. The molecule has 0 radical (unpaired) electrons. The first kappa shape index (κ1) is 16.1. The van der Waals surface area contributed by atoms with Crippen molar-refractivity contribution in [1.29, 1.82) is 0 Å². The zero-order chi connectivity index (χ0) is 16.9. The van der Waals surface area contributed by atoms with E-state index in [9.17, 15) is 4.79 Å². The molecule has 0 aliphatic carbocycles. The molecule has 2 N–H and O–H groups in total. The van der Waals surface area contributed by atoms with E-state index in [-0.39, 0.29) is 6.03 Å². The zero-order valence-electron chi connectivity index (χ0n) is 13.0. The molecule has 8 heteroatoms. The number of furan rings is 1. The van der Waals surface area contributed by atoms with Crippen LogP contribution in [0, 0.1) is 6.92 Å². The Hall–Kier alpha value is -2.80. The molecular weight excluding hydrogens is 330 g/mol. The minimum Gasteiger partial charge on any atom is -0.467 e. The third kappa shape index (κ3) is 3.94. The summed E-state index contributed by atoms with van der Waals surface area (Å²) in [6.45, 7) is 2.53. The molecule has 3 heterocycles. The van der Waals surface area contributed by atoms with E-state index in [0.29, 0.717) is 29.7 Å². The van der Waals surface area contributed by atoms with Gasteiger partial charge in [-0.15, -0.1) is 0 Å². The van der Waals surface area contributed by atoms with E-state index in [0.717, 1.165) is 11.3 Å². The zero-order valence-corrected chi connectivity index (χ0v) is 13.7. The van der Waals surface area contributed by atoms with Crippen molar-refractivity contribution in [1.82, 2.24) is 25.4 Å². The van der Waals surface area contributed by atoms with E-state index < -0.39 is 0 Å². The van der Waals surface area contributed by atoms with Gasteiger partial charge in [-0.25, -0.2) is 14.5 Å². The smallest absolute Gasteiger partial charge is 0.315 e. The molecule has 24 heavy (non-hydrogen) atoms. The molecular formula is C16H16ClN5O2. The lowest BCUT2D eigenvalue weighted by Gasteiger charge is -2.11. The maximum atomic E-state index is 11.9. The van der Waals surface area contributed by atoms with Gasteiger partial charge in [0.15, 0.2) is 5.82 Å². The van der Waals surface area contributed by atoms with E-state index in [2.05, 4.69) is 20.7 Å². The average molecular weight is 346 g/mol. The van der Waals surface area contributed by atoms with Crippen LogP contribution in [-0.2, 0) is 13.1 Å². The fourth-order valence-corrected chi connectivity index (χ4v) is 2.28. The molecule has 3 aromatic heterocycles. The third-order valence-electron chi connectivity index (χ3n) is 3.31. The van der Waals surface area contributed by atoms with Crippen LogP contribution in [0.25, 0.3) is 5.82 Å². The molecule has 124 valence electrons. The Morgan fingerprint density at radius 3 is 2.83 bits per heavy atom. The van der Waals surface area contributed by atoms with Gasteiger partial charge in [-0.2, -0.15) is 5.10 Å². The number of carbonyl (C=O) groups excluding carboxylic acids is 1. The highest BCUT2D eigenvalue weighted by molar-refractivity contribution is 6.30. The number of rotatable bonds is 5. The number of urea groups is 1. The summed E-state index contributed by atoms with van der Waals surface area (Å²) in [4.78, 5) is 16.4. The van der Waals surface area contributed by atoms with E-state index in [1.807, 2.05) is 19.1 Å². The molecule has 3 rings (SSSR count). The minimum atomic E-state index is -0.295. The SMILES string of the molecule is Cc1ccc(CNC(=O)NCc2ccco2)c(-n2cc(Cl)cn2)n1. The molecule has 0 atom stereocenters. The van der Waals surface area contributed by atoms with E-state index in [4.69, 9.17) is 16.0 Å². The predicted molar refractivity (Wildman–Crippen MR) is 88.9 cm³/mol. The highest BCUT2D eigenvalue weighted by Crippen LogP contribution is 2.15. The van der Waals surface area contributed by atoms with E-state index >= 15 is 0 Å². The maximum absolute atomic E-state index is 11.9. The van der Waals surface area contributed by atoms with Gasteiger partial charge in [0.1, 0.15) is 5.76 Å². The van der Waals surface area contributed by atoms with Crippen molar-refractivity contribution in [2.24, 2.45) is 0 Å². The number of hydrogen-bond acceptors (Lipinski definition) is 4. The third-order valence-corrected chi connectivity index (χ3v) is 3.50. The largest absolute Gasteiger partial charge is 0.467 e. The molecule has 0 bridgehead atoms. The van der Waals surface area contributed by atoms with Gasteiger partial charge >= 0.3 is 6.03 Å². The van der Waals surface area contributed by atoms with Crippen molar-refractivity contribution in [2.75, 3.05) is 0 Å². The summed E-state index contributed by atoms with van der Waals surface area (Å²) in [6, 6.07) is 7.06. The van der Waals surface area contributed by atoms with Crippen molar-refractivity contribution in [3.05, 3.63) is 65.0 Å². The fourth-order valence-electron chi connectivity index (χ4n) is 2.14. The Bertz CT molecular complexity index is 829. The molecule has 0 aliphatic rings. The van der Waals surface area contributed by atoms with Crippen LogP contribution in [-0.4, -0.2) is 20.8 Å². The van der Waals surface area contributed by atoms with Crippen LogP contribution in [0.1, 0.15) is 17.0 Å². The van der Waals surface area contributed by atoms with Crippen LogP contribution in [0.5, 0.6) is 0 Å². The van der Waals surface area contributed by atoms with Gasteiger partial charge in [0, 0.05) is 17.8 Å². The van der Waals surface area contributed by atoms with Gasteiger partial charge in [0.25, 0.3) is 0 Å². The van der Waals surface area contributed by atoms with Crippen LogP contribution < -0.4 is 10.6 Å². The number of pyridine rings is 1. The van der Waals surface area contributed by atoms with Crippen molar-refractivity contribution in [2.45, 2.75) is 20.0 Å². The number of carbonyl (C=O) groups is 1. The number of amides is 2. The van der Waals surface area contributed by atoms with E-state index in [1.54, 1.807) is 35.5 Å². The molecule has 0 saturated heterocycles. The summed E-state index contributed by atoms with van der Waals surface area (Å²) in [5, 5.41) is 10.2. The normalized spacial score (nSPS) is 10.6. The highest BCUT2D eigenvalue weighted by Gasteiger charge is 2.10. The number of aryl methyl sites for hydroxylation is 1. The van der Waals surface area contributed by atoms with Crippen LogP contribution in [0.15, 0.2) is 47.3 Å². The summed E-state index contributed by atoms with van der Waals surface area (Å²) < 4.78 is 6.75. The summed E-state index contributed by atoms with van der Waals surface area (Å²) >= 11 is 5.92. The number of nitrogens with zero attached hydrogens (tertiary/aromatic N) is 3. The van der Waals surface area contributed by atoms with Crippen molar-refractivity contribution in [3.8, 4) is 5.82 Å². The average Bonchev–Trinajstić information content (AvgIpc) is 3.23. The van der Waals surface area contributed by atoms with Gasteiger partial charge in [0.2, 0.25) is 0 Å². The molecule has 0 unspecified atom stereocenters. The Morgan fingerprint density at radius 1 is 1.29 bits per heavy atom. The van der Waals surface area contributed by atoms with Gasteiger partial charge < -0.3 is 15.1 Å². The van der Waals surface area contributed by atoms with Crippen LogP contribution in [0.4, 0.5) is 4.79 Å². The Balaban J connectivity index is 1.65. The number of halogens is 1. The second kappa shape index (κ2) is 7.18. The molecule has 2 amide bonds. The maximum Gasteiger partial charge on any atom is 0.315 e. The second-order valence-corrected chi connectivity index (χ2v) is 5.59. The van der Waals surface area contributed by atoms with Crippen LogP contribution in [0.2, 0.25) is 5.02 Å². The Labute approximate surface area is 143 Å². The Morgan fingerprint density at radius 2 is 2.12 bits per heavy atom. The highest BCUT2D eigenvalue weighted by atomic mass is 35.5. The number of hydrogen-bond donors (Lipinski definition) is 2. The minimum absolute atomic E-state index is 0.295. The van der Waals surface area contributed by atoms with Gasteiger partial charge in [-0.3, -0.25) is 0 Å². The summed E-state index contributed by atoms with van der Waals surface area (Å²) in [5.41, 5.74) is 1.68. The fraction of sp³-hybridized carbons (Fsp3) is 0.188. The molecule has 3 aromatic rings. The first-order valence-electron chi connectivity index (χ1n) is 7.33. The van der Waals surface area contributed by atoms with Gasteiger partial charge in [-0.05, 0) is 25.1 Å². The monoisotopic (exact) mass is 345 g/mol. The first-order chi connectivity index (χ1) is 11.6. The van der Waals surface area contributed by atoms with Crippen LogP contribution in [0.3, 0.4) is 0 Å². The summed E-state index contributed by atoms with van der Waals surface area (Å²) in [7, 11) is 0. The molecule has 0 aromatic carbocycles. The van der Waals surface area contributed by atoms with Crippen molar-refractivity contribution >= 4 is 17.6 Å². The van der Waals surface area contributed by atoms with Crippen molar-refractivity contribution < 1.29 is 9.21 Å². The number of aromatic nitrogens is 3. The summed E-state index contributed by atoms with van der Waals surface area (Å²) in [6.07, 6.45) is 4.77. The molecule has 0 aliphatic heterocycles. The topological polar surface area (TPSA) is 85.0 Å². The standard InChI is InChI=1S/C16H16ClN5O2/c1-11-4-5-12(15(21-11)22-10-13(17)8-20-22)7-18-16(23)19-9-14-3-2-6-24-14/h2-6,8,10H,7,9H2,1H3,(H2,18,19,23). The molecule has 7 nitrogen and oxygen atoms in total.